The topological polar surface area (TPSA) is 42.0 Å². The summed E-state index contributed by atoms with van der Waals surface area (Å²) in [4.78, 5) is 15.1. The first-order valence-electron chi connectivity index (χ1n) is 4.94. The van der Waals surface area contributed by atoms with E-state index in [-0.39, 0.29) is 11.3 Å². The molecule has 92 valence electrons. The van der Waals surface area contributed by atoms with Crippen LogP contribution in [0.5, 0.6) is 0 Å². The van der Waals surface area contributed by atoms with Gasteiger partial charge >= 0.3 is 0 Å². The number of benzene rings is 1. The van der Waals surface area contributed by atoms with Crippen molar-refractivity contribution in [1.29, 1.82) is 0 Å². The second-order valence-corrected chi connectivity index (χ2v) is 4.36. The summed E-state index contributed by atoms with van der Waals surface area (Å²) >= 11 is 3.17. The third-order valence-corrected chi connectivity index (χ3v) is 2.66. The van der Waals surface area contributed by atoms with E-state index in [2.05, 4.69) is 26.2 Å². The number of halogens is 3. The van der Waals surface area contributed by atoms with E-state index in [0.717, 1.165) is 6.07 Å². The molecule has 1 aromatic heterocycles. The summed E-state index contributed by atoms with van der Waals surface area (Å²) in [6, 6.07) is 6.47. The van der Waals surface area contributed by atoms with Crippen LogP contribution in [0.1, 0.15) is 10.4 Å². The van der Waals surface area contributed by atoms with Gasteiger partial charge < -0.3 is 5.32 Å². The molecule has 1 heterocycles. The number of amides is 1. The van der Waals surface area contributed by atoms with Crippen molar-refractivity contribution >= 4 is 27.5 Å². The molecule has 0 aliphatic carbocycles. The minimum atomic E-state index is -0.766. The number of hydrogen-bond acceptors (Lipinski definition) is 2. The lowest BCUT2D eigenvalue weighted by atomic mass is 10.2. The Morgan fingerprint density at radius 3 is 2.72 bits per heavy atom. The van der Waals surface area contributed by atoms with Gasteiger partial charge in [-0.25, -0.2) is 9.37 Å². The SMILES string of the molecule is O=C(Nc1cc(Br)ccc1F)c1ccnc(F)c1. The highest BCUT2D eigenvalue weighted by atomic mass is 79.9. The van der Waals surface area contributed by atoms with Gasteiger partial charge in [0.1, 0.15) is 5.82 Å². The summed E-state index contributed by atoms with van der Waals surface area (Å²) < 4.78 is 26.9. The van der Waals surface area contributed by atoms with E-state index in [1.165, 1.54) is 30.5 Å². The quantitative estimate of drug-likeness (QED) is 0.864. The van der Waals surface area contributed by atoms with E-state index in [9.17, 15) is 13.6 Å². The summed E-state index contributed by atoms with van der Waals surface area (Å²) in [7, 11) is 0. The van der Waals surface area contributed by atoms with Crippen molar-refractivity contribution in [1.82, 2.24) is 4.98 Å². The van der Waals surface area contributed by atoms with Crippen LogP contribution in [0.25, 0.3) is 0 Å². The molecule has 0 radical (unpaired) electrons. The summed E-state index contributed by atoms with van der Waals surface area (Å²) in [5.74, 6) is -1.94. The molecule has 0 aliphatic heterocycles. The van der Waals surface area contributed by atoms with Crippen LogP contribution in [-0.4, -0.2) is 10.9 Å². The van der Waals surface area contributed by atoms with Gasteiger partial charge in [0.15, 0.2) is 0 Å². The fourth-order valence-corrected chi connectivity index (χ4v) is 1.69. The Hall–Kier alpha value is -1.82. The van der Waals surface area contributed by atoms with E-state index in [1.807, 2.05) is 0 Å². The van der Waals surface area contributed by atoms with Gasteiger partial charge in [-0.2, -0.15) is 4.39 Å². The lowest BCUT2D eigenvalue weighted by Gasteiger charge is -2.06. The largest absolute Gasteiger partial charge is 0.319 e. The second-order valence-electron chi connectivity index (χ2n) is 3.45. The van der Waals surface area contributed by atoms with Crippen LogP contribution in [0.15, 0.2) is 41.0 Å². The van der Waals surface area contributed by atoms with Crippen LogP contribution in [0.2, 0.25) is 0 Å². The Morgan fingerprint density at radius 1 is 1.22 bits per heavy atom. The molecule has 2 rings (SSSR count). The summed E-state index contributed by atoms with van der Waals surface area (Å²) in [5.41, 5.74) is 0.0912. The van der Waals surface area contributed by atoms with Crippen molar-refractivity contribution in [3.05, 3.63) is 58.3 Å². The van der Waals surface area contributed by atoms with E-state index >= 15 is 0 Å². The molecule has 0 fully saturated rings. The molecule has 6 heteroatoms. The van der Waals surface area contributed by atoms with E-state index in [0.29, 0.717) is 4.47 Å². The van der Waals surface area contributed by atoms with Crippen molar-refractivity contribution in [2.24, 2.45) is 0 Å². The van der Waals surface area contributed by atoms with Gasteiger partial charge in [-0.3, -0.25) is 4.79 Å². The first-order chi connectivity index (χ1) is 8.56. The van der Waals surface area contributed by atoms with E-state index < -0.39 is 17.7 Å². The average molecular weight is 313 g/mol. The van der Waals surface area contributed by atoms with Gasteiger partial charge in [-0.05, 0) is 24.3 Å². The van der Waals surface area contributed by atoms with Gasteiger partial charge in [0.2, 0.25) is 5.95 Å². The number of nitrogens with zero attached hydrogens (tertiary/aromatic N) is 1. The Bertz CT molecular complexity index is 604. The lowest BCUT2D eigenvalue weighted by Crippen LogP contribution is -2.13. The van der Waals surface area contributed by atoms with E-state index in [4.69, 9.17) is 0 Å². The molecule has 0 atom stereocenters. The fourth-order valence-electron chi connectivity index (χ4n) is 1.33. The zero-order chi connectivity index (χ0) is 13.1. The molecule has 0 unspecified atom stereocenters. The molecule has 1 amide bonds. The van der Waals surface area contributed by atoms with Crippen LogP contribution in [0.3, 0.4) is 0 Å². The molecule has 3 nitrogen and oxygen atoms in total. The van der Waals surface area contributed by atoms with Crippen LogP contribution in [0, 0.1) is 11.8 Å². The Morgan fingerprint density at radius 2 is 2.00 bits per heavy atom. The standard InChI is InChI=1S/C12H7BrF2N2O/c13-8-1-2-9(14)10(6-8)17-12(18)7-3-4-16-11(15)5-7/h1-6H,(H,17,18). The van der Waals surface area contributed by atoms with Crippen LogP contribution < -0.4 is 5.32 Å². The van der Waals surface area contributed by atoms with Gasteiger partial charge in [0, 0.05) is 22.3 Å². The normalized spacial score (nSPS) is 10.2. The molecule has 0 saturated heterocycles. The molecule has 2 aromatic rings. The molecule has 0 saturated carbocycles. The van der Waals surface area contributed by atoms with Crippen LogP contribution in [0.4, 0.5) is 14.5 Å². The maximum absolute atomic E-state index is 13.4. The fraction of sp³-hybridized carbons (Fsp3) is 0. The minimum Gasteiger partial charge on any atom is -0.319 e. The number of anilines is 1. The smallest absolute Gasteiger partial charge is 0.255 e. The molecule has 1 N–H and O–H groups in total. The van der Waals surface area contributed by atoms with Crippen molar-refractivity contribution in [2.45, 2.75) is 0 Å². The van der Waals surface area contributed by atoms with Crippen molar-refractivity contribution < 1.29 is 13.6 Å². The summed E-state index contributed by atoms with van der Waals surface area (Å²) in [6.45, 7) is 0. The molecule has 0 aliphatic rings. The van der Waals surface area contributed by atoms with Crippen molar-refractivity contribution in [3.8, 4) is 0 Å². The first-order valence-corrected chi connectivity index (χ1v) is 5.73. The second kappa shape index (κ2) is 5.22. The first kappa shape index (κ1) is 12.6. The number of hydrogen-bond donors (Lipinski definition) is 1. The molecule has 18 heavy (non-hydrogen) atoms. The average Bonchev–Trinajstić information content (AvgIpc) is 2.34. The van der Waals surface area contributed by atoms with Gasteiger partial charge in [0.25, 0.3) is 5.91 Å². The number of aromatic nitrogens is 1. The molecular weight excluding hydrogens is 306 g/mol. The zero-order valence-corrected chi connectivity index (χ0v) is 10.5. The molecule has 0 bridgehead atoms. The Labute approximate surface area is 110 Å². The monoisotopic (exact) mass is 312 g/mol. The summed E-state index contributed by atoms with van der Waals surface area (Å²) in [6.07, 6.45) is 1.17. The predicted octanol–water partition coefficient (Wildman–Crippen LogP) is 3.37. The van der Waals surface area contributed by atoms with Crippen molar-refractivity contribution in [2.75, 3.05) is 5.32 Å². The zero-order valence-electron chi connectivity index (χ0n) is 8.95. The van der Waals surface area contributed by atoms with Crippen LogP contribution in [-0.2, 0) is 0 Å². The highest BCUT2D eigenvalue weighted by Gasteiger charge is 2.10. The Kier molecular flexibility index (Phi) is 3.66. The van der Waals surface area contributed by atoms with Crippen LogP contribution >= 0.6 is 15.9 Å². The van der Waals surface area contributed by atoms with Gasteiger partial charge in [-0.1, -0.05) is 15.9 Å². The number of carbonyl (C=O) groups is 1. The van der Waals surface area contributed by atoms with Gasteiger partial charge in [0.05, 0.1) is 5.69 Å². The van der Waals surface area contributed by atoms with Gasteiger partial charge in [-0.15, -0.1) is 0 Å². The molecular formula is C12H7BrF2N2O. The third-order valence-electron chi connectivity index (χ3n) is 2.17. The third kappa shape index (κ3) is 2.89. The number of pyridine rings is 1. The Balaban J connectivity index is 2.24. The number of carbonyl (C=O) groups excluding carboxylic acids is 1. The summed E-state index contributed by atoms with van der Waals surface area (Å²) in [5, 5.41) is 2.36. The number of nitrogens with one attached hydrogen (secondary N) is 1. The highest BCUT2D eigenvalue weighted by molar-refractivity contribution is 9.10. The minimum absolute atomic E-state index is 0.0200. The highest BCUT2D eigenvalue weighted by Crippen LogP contribution is 2.20. The maximum atomic E-state index is 13.4. The van der Waals surface area contributed by atoms with E-state index in [1.54, 1.807) is 0 Å². The molecule has 1 aromatic carbocycles. The lowest BCUT2D eigenvalue weighted by molar-refractivity contribution is 0.102. The van der Waals surface area contributed by atoms with Crippen molar-refractivity contribution in [3.63, 3.8) is 0 Å². The maximum Gasteiger partial charge on any atom is 0.255 e. The predicted molar refractivity (Wildman–Crippen MR) is 66.2 cm³/mol. The molecule has 0 spiro atoms. The number of rotatable bonds is 2.